The minimum absolute atomic E-state index is 0.0381. The fourth-order valence-corrected chi connectivity index (χ4v) is 3.92. The molecule has 1 aliphatic rings. The van der Waals surface area contributed by atoms with E-state index in [2.05, 4.69) is 15.6 Å². The van der Waals surface area contributed by atoms with Gasteiger partial charge in [-0.3, -0.25) is 9.59 Å². The number of benzene rings is 1. The van der Waals surface area contributed by atoms with E-state index in [1.807, 2.05) is 31.2 Å². The Kier molecular flexibility index (Phi) is 6.86. The number of nitrogens with one attached hydrogen (secondary N) is 2. The van der Waals surface area contributed by atoms with Crippen LogP contribution in [0.4, 0.5) is 10.8 Å². The Morgan fingerprint density at radius 3 is 2.96 bits per heavy atom. The Balaban J connectivity index is 1.64. The minimum atomic E-state index is -0.144. The Morgan fingerprint density at radius 2 is 2.18 bits per heavy atom. The lowest BCUT2D eigenvalue weighted by molar-refractivity contribution is -0.126. The van der Waals surface area contributed by atoms with Crippen molar-refractivity contribution < 1.29 is 14.3 Å². The first-order valence-electron chi connectivity index (χ1n) is 9.55. The van der Waals surface area contributed by atoms with Crippen molar-refractivity contribution in [3.8, 4) is 5.75 Å². The molecule has 2 N–H and O–H groups in total. The molecule has 0 unspecified atom stereocenters. The predicted molar refractivity (Wildman–Crippen MR) is 110 cm³/mol. The van der Waals surface area contributed by atoms with Crippen molar-refractivity contribution >= 4 is 34.0 Å². The Bertz CT molecular complexity index is 823. The number of amides is 2. The number of carbonyl (C=O) groups excluding carboxylic acids is 2. The van der Waals surface area contributed by atoms with Crippen LogP contribution in [0.25, 0.3) is 0 Å². The minimum Gasteiger partial charge on any atom is -0.495 e. The molecule has 1 aromatic carbocycles. The average Bonchev–Trinajstić information content (AvgIpc) is 3.20. The molecular weight excluding hydrogens is 376 g/mol. The summed E-state index contributed by atoms with van der Waals surface area (Å²) >= 11 is 1.37. The van der Waals surface area contributed by atoms with E-state index in [0.29, 0.717) is 36.2 Å². The number of rotatable bonds is 7. The van der Waals surface area contributed by atoms with Gasteiger partial charge < -0.3 is 20.3 Å². The Labute approximate surface area is 169 Å². The van der Waals surface area contributed by atoms with Crippen LogP contribution < -0.4 is 15.4 Å². The van der Waals surface area contributed by atoms with Crippen molar-refractivity contribution in [2.24, 2.45) is 5.92 Å². The summed E-state index contributed by atoms with van der Waals surface area (Å²) in [6, 6.07) is 7.55. The van der Waals surface area contributed by atoms with Crippen molar-refractivity contribution in [2.75, 3.05) is 32.1 Å². The maximum atomic E-state index is 12.9. The molecule has 0 spiro atoms. The summed E-state index contributed by atoms with van der Waals surface area (Å²) in [6.45, 7) is 3.80. The highest BCUT2D eigenvalue weighted by Gasteiger charge is 2.29. The van der Waals surface area contributed by atoms with Crippen LogP contribution in [0.5, 0.6) is 5.75 Å². The second kappa shape index (κ2) is 9.54. The van der Waals surface area contributed by atoms with E-state index in [9.17, 15) is 9.59 Å². The van der Waals surface area contributed by atoms with Crippen molar-refractivity contribution in [2.45, 2.75) is 26.2 Å². The summed E-state index contributed by atoms with van der Waals surface area (Å²) in [7, 11) is 1.61. The molecule has 2 amide bonds. The summed E-state index contributed by atoms with van der Waals surface area (Å²) in [4.78, 5) is 31.3. The summed E-state index contributed by atoms with van der Waals surface area (Å²) in [5.74, 6) is 0.477. The number of hydrogen-bond acceptors (Lipinski definition) is 6. The maximum absolute atomic E-state index is 12.9. The number of methoxy groups -OCH3 is 1. The zero-order valence-electron chi connectivity index (χ0n) is 16.2. The molecule has 1 aliphatic heterocycles. The summed E-state index contributed by atoms with van der Waals surface area (Å²) in [5.41, 5.74) is 1.20. The number of para-hydroxylation sites is 2. The molecule has 7 nitrogen and oxygen atoms in total. The van der Waals surface area contributed by atoms with E-state index >= 15 is 0 Å². The van der Waals surface area contributed by atoms with Crippen LogP contribution in [0.3, 0.4) is 0 Å². The van der Waals surface area contributed by atoms with Crippen LogP contribution in [-0.4, -0.2) is 48.4 Å². The predicted octanol–water partition coefficient (Wildman–Crippen LogP) is 3.27. The number of carbonyl (C=O) groups is 2. The zero-order chi connectivity index (χ0) is 19.9. The molecule has 3 rings (SSSR count). The smallest absolute Gasteiger partial charge is 0.273 e. The van der Waals surface area contributed by atoms with Gasteiger partial charge in [0.2, 0.25) is 5.91 Å². The normalized spacial score (nSPS) is 16.5. The standard InChI is InChI=1S/C20H26N4O3S/c1-3-10-21-18(25)14-7-6-11-24(12-14)19(26)16-13-28-20(23-16)22-15-8-4-5-9-17(15)27-2/h4-5,8-9,13-14H,3,6-7,10-12H2,1-2H3,(H,21,25)(H,22,23)/t14-/m0/s1. The van der Waals surface area contributed by atoms with Gasteiger partial charge in [0, 0.05) is 25.0 Å². The summed E-state index contributed by atoms with van der Waals surface area (Å²) in [5, 5.41) is 8.51. The number of anilines is 2. The van der Waals surface area contributed by atoms with Crippen molar-refractivity contribution in [3.05, 3.63) is 35.3 Å². The SMILES string of the molecule is CCCNC(=O)[C@H]1CCCN(C(=O)c2csc(Nc3ccccc3OC)n2)C1. The summed E-state index contributed by atoms with van der Waals surface area (Å²) in [6.07, 6.45) is 2.55. The fourth-order valence-electron chi connectivity index (χ4n) is 3.22. The average molecular weight is 403 g/mol. The van der Waals surface area contributed by atoms with E-state index in [1.165, 1.54) is 11.3 Å². The molecule has 2 aromatic rings. The number of hydrogen-bond donors (Lipinski definition) is 2. The highest BCUT2D eigenvalue weighted by molar-refractivity contribution is 7.14. The number of thiazole rings is 1. The van der Waals surface area contributed by atoms with E-state index < -0.39 is 0 Å². The van der Waals surface area contributed by atoms with Gasteiger partial charge in [0.1, 0.15) is 11.4 Å². The molecule has 28 heavy (non-hydrogen) atoms. The lowest BCUT2D eigenvalue weighted by Crippen LogP contribution is -2.45. The van der Waals surface area contributed by atoms with Crippen LogP contribution in [0.1, 0.15) is 36.7 Å². The van der Waals surface area contributed by atoms with Gasteiger partial charge in [0.05, 0.1) is 18.7 Å². The molecule has 0 radical (unpaired) electrons. The van der Waals surface area contributed by atoms with Crippen molar-refractivity contribution in [1.29, 1.82) is 0 Å². The van der Waals surface area contributed by atoms with Gasteiger partial charge in [0.15, 0.2) is 5.13 Å². The molecule has 1 saturated heterocycles. The van der Waals surface area contributed by atoms with Crippen LogP contribution >= 0.6 is 11.3 Å². The third-order valence-corrected chi connectivity index (χ3v) is 5.46. The lowest BCUT2D eigenvalue weighted by atomic mass is 9.97. The largest absolute Gasteiger partial charge is 0.495 e. The molecule has 1 atom stereocenters. The molecule has 2 heterocycles. The van der Waals surface area contributed by atoms with E-state index in [-0.39, 0.29) is 17.7 Å². The molecule has 150 valence electrons. The van der Waals surface area contributed by atoms with Gasteiger partial charge in [-0.05, 0) is 31.4 Å². The summed E-state index contributed by atoms with van der Waals surface area (Å²) < 4.78 is 5.33. The number of aromatic nitrogens is 1. The Hall–Kier alpha value is -2.61. The van der Waals surface area contributed by atoms with Crippen molar-refractivity contribution in [1.82, 2.24) is 15.2 Å². The molecular formula is C20H26N4O3S. The second-order valence-electron chi connectivity index (χ2n) is 6.74. The molecule has 1 aromatic heterocycles. The number of ether oxygens (including phenoxy) is 1. The van der Waals surface area contributed by atoms with E-state index in [1.54, 1.807) is 17.4 Å². The highest BCUT2D eigenvalue weighted by atomic mass is 32.1. The third kappa shape index (κ3) is 4.81. The van der Waals surface area contributed by atoms with Gasteiger partial charge in [-0.1, -0.05) is 19.1 Å². The van der Waals surface area contributed by atoms with Gasteiger partial charge in [0.25, 0.3) is 5.91 Å². The third-order valence-electron chi connectivity index (χ3n) is 4.70. The maximum Gasteiger partial charge on any atom is 0.273 e. The van der Waals surface area contributed by atoms with Crippen molar-refractivity contribution in [3.63, 3.8) is 0 Å². The number of nitrogens with zero attached hydrogens (tertiary/aromatic N) is 2. The van der Waals surface area contributed by atoms with Gasteiger partial charge >= 0.3 is 0 Å². The van der Waals surface area contributed by atoms with Gasteiger partial charge in [-0.2, -0.15) is 0 Å². The Morgan fingerprint density at radius 1 is 1.36 bits per heavy atom. The first-order valence-corrected chi connectivity index (χ1v) is 10.4. The zero-order valence-corrected chi connectivity index (χ0v) is 17.1. The fraction of sp³-hybridized carbons (Fsp3) is 0.450. The lowest BCUT2D eigenvalue weighted by Gasteiger charge is -2.31. The molecule has 8 heteroatoms. The monoisotopic (exact) mass is 402 g/mol. The second-order valence-corrected chi connectivity index (χ2v) is 7.60. The van der Waals surface area contributed by atoms with Gasteiger partial charge in [-0.15, -0.1) is 11.3 Å². The van der Waals surface area contributed by atoms with E-state index in [0.717, 1.165) is 24.9 Å². The van der Waals surface area contributed by atoms with E-state index in [4.69, 9.17) is 4.74 Å². The molecule has 0 saturated carbocycles. The van der Waals surface area contributed by atoms with Crippen LogP contribution in [0, 0.1) is 5.92 Å². The quantitative estimate of drug-likeness (QED) is 0.743. The van der Waals surface area contributed by atoms with Crippen LogP contribution in [0.2, 0.25) is 0 Å². The topological polar surface area (TPSA) is 83.6 Å². The van der Waals surface area contributed by atoms with Crippen LogP contribution in [-0.2, 0) is 4.79 Å². The highest BCUT2D eigenvalue weighted by Crippen LogP contribution is 2.29. The first kappa shape index (κ1) is 20.1. The van der Waals surface area contributed by atoms with Gasteiger partial charge in [-0.25, -0.2) is 4.98 Å². The molecule has 1 fully saturated rings. The first-order chi connectivity index (χ1) is 13.6. The van der Waals surface area contributed by atoms with Crippen LogP contribution in [0.15, 0.2) is 29.6 Å². The number of likely N-dealkylation sites (tertiary alicyclic amines) is 1. The number of piperidine rings is 1. The molecule has 0 aliphatic carbocycles. The molecule has 0 bridgehead atoms.